The van der Waals surface area contributed by atoms with E-state index in [0.717, 1.165) is 13.1 Å². The predicted molar refractivity (Wildman–Crippen MR) is 74.3 cm³/mol. The predicted octanol–water partition coefficient (Wildman–Crippen LogP) is 1.42. The molecular formula is C15H23N3. The normalized spacial score (nSPS) is 32.2. The highest BCUT2D eigenvalue weighted by Crippen LogP contribution is 2.35. The summed E-state index contributed by atoms with van der Waals surface area (Å²) < 4.78 is 0. The van der Waals surface area contributed by atoms with E-state index < -0.39 is 0 Å². The Morgan fingerprint density at radius 3 is 2.67 bits per heavy atom. The minimum atomic E-state index is 0.146. The third-order valence-corrected chi connectivity index (χ3v) is 4.68. The fourth-order valence-corrected chi connectivity index (χ4v) is 3.48. The first kappa shape index (κ1) is 12.2. The van der Waals surface area contributed by atoms with E-state index in [-0.39, 0.29) is 5.41 Å². The highest BCUT2D eigenvalue weighted by Gasteiger charge is 2.45. The van der Waals surface area contributed by atoms with Crippen LogP contribution in [0.4, 0.5) is 0 Å². The van der Waals surface area contributed by atoms with Crippen LogP contribution in [0.3, 0.4) is 0 Å². The van der Waals surface area contributed by atoms with E-state index in [4.69, 9.17) is 0 Å². The number of piperidine rings is 1. The molecule has 3 rings (SSSR count). The Kier molecular flexibility index (Phi) is 3.14. The van der Waals surface area contributed by atoms with Crippen LogP contribution in [-0.2, 0) is 5.41 Å². The van der Waals surface area contributed by atoms with Gasteiger partial charge in [0.05, 0.1) is 0 Å². The topological polar surface area (TPSA) is 36.1 Å². The van der Waals surface area contributed by atoms with Crippen molar-refractivity contribution < 1.29 is 0 Å². The van der Waals surface area contributed by atoms with Crippen molar-refractivity contribution >= 4 is 0 Å². The first-order valence-corrected chi connectivity index (χ1v) is 6.97. The summed E-state index contributed by atoms with van der Waals surface area (Å²) in [4.78, 5) is 0. The first-order chi connectivity index (χ1) is 8.69. The summed E-state index contributed by atoms with van der Waals surface area (Å²) in [5, 5.41) is 3.53. The van der Waals surface area contributed by atoms with Crippen LogP contribution in [0.25, 0.3) is 0 Å². The molecule has 0 amide bonds. The third kappa shape index (κ3) is 1.96. The Morgan fingerprint density at radius 2 is 1.89 bits per heavy atom. The molecule has 0 spiro atoms. The van der Waals surface area contributed by atoms with Crippen LogP contribution in [-0.4, -0.2) is 25.2 Å². The molecule has 2 heterocycles. The van der Waals surface area contributed by atoms with Gasteiger partial charge in [-0.15, -0.1) is 0 Å². The third-order valence-electron chi connectivity index (χ3n) is 4.68. The molecule has 3 N–H and O–H groups in total. The second kappa shape index (κ2) is 4.65. The van der Waals surface area contributed by atoms with E-state index in [0.29, 0.717) is 18.0 Å². The fourth-order valence-electron chi connectivity index (χ4n) is 3.48. The van der Waals surface area contributed by atoms with Crippen LogP contribution in [0.15, 0.2) is 30.3 Å². The van der Waals surface area contributed by atoms with Crippen LogP contribution in [0.5, 0.6) is 0 Å². The molecule has 3 heteroatoms. The quantitative estimate of drug-likeness (QED) is 0.737. The lowest BCUT2D eigenvalue weighted by Crippen LogP contribution is -2.50. The van der Waals surface area contributed by atoms with Gasteiger partial charge in [0.2, 0.25) is 0 Å². The molecule has 0 bridgehead atoms. The lowest BCUT2D eigenvalue weighted by molar-refractivity contribution is 0.260. The molecular weight excluding hydrogens is 222 g/mol. The summed E-state index contributed by atoms with van der Waals surface area (Å²) in [7, 11) is 0. The molecule has 2 fully saturated rings. The number of benzene rings is 1. The average molecular weight is 245 g/mol. The van der Waals surface area contributed by atoms with Crippen LogP contribution in [0.1, 0.15) is 25.8 Å². The molecule has 98 valence electrons. The maximum Gasteiger partial charge on any atom is 0.0360 e. The van der Waals surface area contributed by atoms with Gasteiger partial charge in [-0.05, 0) is 18.5 Å². The van der Waals surface area contributed by atoms with Gasteiger partial charge >= 0.3 is 0 Å². The number of hydrogen-bond acceptors (Lipinski definition) is 3. The van der Waals surface area contributed by atoms with Crippen molar-refractivity contribution in [1.29, 1.82) is 0 Å². The average Bonchev–Trinajstić information content (AvgIpc) is 2.84. The zero-order valence-electron chi connectivity index (χ0n) is 11.2. The van der Waals surface area contributed by atoms with Gasteiger partial charge < -0.3 is 5.32 Å². The van der Waals surface area contributed by atoms with Gasteiger partial charge in [-0.3, -0.25) is 10.9 Å². The summed E-state index contributed by atoms with van der Waals surface area (Å²) in [5.74, 6) is 0.675. The number of hydrogen-bond donors (Lipinski definition) is 3. The summed E-state index contributed by atoms with van der Waals surface area (Å²) in [6.45, 7) is 6.94. The largest absolute Gasteiger partial charge is 0.316 e. The molecule has 3 unspecified atom stereocenters. The van der Waals surface area contributed by atoms with Crippen molar-refractivity contribution in [1.82, 2.24) is 16.2 Å². The summed E-state index contributed by atoms with van der Waals surface area (Å²) in [6, 6.07) is 11.9. The van der Waals surface area contributed by atoms with E-state index in [1.54, 1.807) is 0 Å². The van der Waals surface area contributed by atoms with Crippen molar-refractivity contribution in [3.63, 3.8) is 0 Å². The smallest absolute Gasteiger partial charge is 0.0360 e. The molecule has 3 atom stereocenters. The van der Waals surface area contributed by atoms with Crippen molar-refractivity contribution in [3.8, 4) is 0 Å². The minimum Gasteiger partial charge on any atom is -0.316 e. The maximum absolute atomic E-state index is 3.55. The zero-order valence-corrected chi connectivity index (χ0v) is 11.2. The zero-order chi connectivity index (χ0) is 12.6. The van der Waals surface area contributed by atoms with Gasteiger partial charge in [0.1, 0.15) is 0 Å². The molecule has 0 aromatic heterocycles. The fraction of sp³-hybridized carbons (Fsp3) is 0.600. The van der Waals surface area contributed by atoms with Crippen molar-refractivity contribution in [2.75, 3.05) is 13.1 Å². The highest BCUT2D eigenvalue weighted by molar-refractivity contribution is 5.27. The molecule has 0 radical (unpaired) electrons. The van der Waals surface area contributed by atoms with E-state index in [1.165, 1.54) is 12.0 Å². The lowest BCUT2D eigenvalue weighted by Gasteiger charge is -2.38. The minimum absolute atomic E-state index is 0.146. The molecule has 0 aliphatic carbocycles. The van der Waals surface area contributed by atoms with Crippen molar-refractivity contribution in [2.24, 2.45) is 5.92 Å². The van der Waals surface area contributed by atoms with Crippen LogP contribution < -0.4 is 16.2 Å². The number of hydrazine groups is 1. The lowest BCUT2D eigenvalue weighted by atomic mass is 9.71. The monoisotopic (exact) mass is 245 g/mol. The van der Waals surface area contributed by atoms with Gasteiger partial charge in [-0.25, -0.2) is 0 Å². The Labute approximate surface area is 109 Å². The van der Waals surface area contributed by atoms with Gasteiger partial charge in [-0.1, -0.05) is 44.2 Å². The molecule has 1 aromatic rings. The van der Waals surface area contributed by atoms with Gasteiger partial charge in [0.25, 0.3) is 0 Å². The molecule has 0 saturated carbocycles. The Morgan fingerprint density at radius 1 is 1.11 bits per heavy atom. The Balaban J connectivity index is 1.85. The number of fused-ring (bicyclic) bond motifs is 1. The number of nitrogens with one attached hydrogen (secondary N) is 3. The van der Waals surface area contributed by atoms with Gasteiger partial charge in [-0.2, -0.15) is 0 Å². The second-order valence-electron chi connectivity index (χ2n) is 6.12. The SMILES string of the molecule is CC(C)(c1ccccc1)C1NNC2CCNCC21. The van der Waals surface area contributed by atoms with Crippen LogP contribution in [0, 0.1) is 5.92 Å². The van der Waals surface area contributed by atoms with Crippen LogP contribution >= 0.6 is 0 Å². The Bertz CT molecular complexity index is 401. The Hall–Kier alpha value is -0.900. The molecule has 1 aromatic carbocycles. The maximum atomic E-state index is 3.55. The summed E-state index contributed by atoms with van der Waals surface area (Å²) >= 11 is 0. The standard InChI is InChI=1S/C15H23N3/c1-15(2,11-6-4-3-5-7-11)14-12-10-16-9-8-13(12)17-18-14/h3-7,12-14,16-18H,8-10H2,1-2H3. The number of rotatable bonds is 2. The van der Waals surface area contributed by atoms with Crippen molar-refractivity contribution in [3.05, 3.63) is 35.9 Å². The molecule has 2 saturated heterocycles. The van der Waals surface area contributed by atoms with E-state index in [1.807, 2.05) is 0 Å². The van der Waals surface area contributed by atoms with Gasteiger partial charge in [0, 0.05) is 30.0 Å². The highest BCUT2D eigenvalue weighted by atomic mass is 15.4. The van der Waals surface area contributed by atoms with E-state index >= 15 is 0 Å². The summed E-state index contributed by atoms with van der Waals surface area (Å²) in [5.41, 5.74) is 8.60. The molecule has 18 heavy (non-hydrogen) atoms. The van der Waals surface area contributed by atoms with E-state index in [9.17, 15) is 0 Å². The van der Waals surface area contributed by atoms with Crippen molar-refractivity contribution in [2.45, 2.75) is 37.8 Å². The summed E-state index contributed by atoms with van der Waals surface area (Å²) in [6.07, 6.45) is 1.22. The van der Waals surface area contributed by atoms with E-state index in [2.05, 4.69) is 60.3 Å². The van der Waals surface area contributed by atoms with Crippen LogP contribution in [0.2, 0.25) is 0 Å². The molecule has 3 nitrogen and oxygen atoms in total. The second-order valence-corrected chi connectivity index (χ2v) is 6.12. The molecule has 2 aliphatic rings. The van der Waals surface area contributed by atoms with Gasteiger partial charge in [0.15, 0.2) is 0 Å². The molecule has 2 aliphatic heterocycles. The first-order valence-electron chi connectivity index (χ1n) is 6.97.